The molecule has 1 fully saturated rings. The van der Waals surface area contributed by atoms with Crippen LogP contribution in [0.4, 0.5) is 5.69 Å². The van der Waals surface area contributed by atoms with Gasteiger partial charge < -0.3 is 31.1 Å². The summed E-state index contributed by atoms with van der Waals surface area (Å²) in [5.41, 5.74) is 4.11. The molecule has 0 heterocycles. The summed E-state index contributed by atoms with van der Waals surface area (Å²) in [6, 6.07) is 0.806. The van der Waals surface area contributed by atoms with E-state index >= 15 is 0 Å². The number of likely N-dealkylation sites (N-methyl/N-ethyl adjacent to an activating group) is 1. The highest BCUT2D eigenvalue weighted by Gasteiger charge is 2.64. The lowest BCUT2D eigenvalue weighted by molar-refractivity contribution is -0.153. The molecule has 10 heteroatoms. The normalized spacial score (nSPS) is 26.6. The zero-order valence-electron chi connectivity index (χ0n) is 24.3. The van der Waals surface area contributed by atoms with Gasteiger partial charge in [-0.3, -0.25) is 19.3 Å². The third kappa shape index (κ3) is 4.47. The van der Waals surface area contributed by atoms with Crippen molar-refractivity contribution in [1.29, 1.82) is 0 Å². The van der Waals surface area contributed by atoms with Crippen LogP contribution in [0, 0.1) is 17.3 Å². The number of aromatic hydroxyl groups is 1. The van der Waals surface area contributed by atoms with Crippen molar-refractivity contribution in [3.63, 3.8) is 0 Å². The first-order chi connectivity index (χ1) is 18.4. The Kier molecular flexibility index (Phi) is 7.34. The number of carbonyl (C=O) groups is 3. The molecule has 1 amide bonds. The van der Waals surface area contributed by atoms with E-state index in [-0.39, 0.29) is 35.1 Å². The Balaban J connectivity index is 1.91. The molecule has 218 valence electrons. The monoisotopic (exact) mass is 555 g/mol. The van der Waals surface area contributed by atoms with Crippen molar-refractivity contribution in [1.82, 2.24) is 4.90 Å². The first-order valence-corrected chi connectivity index (χ1v) is 13.6. The number of anilines is 1. The molecule has 0 saturated heterocycles. The van der Waals surface area contributed by atoms with Crippen LogP contribution in [0.25, 0.3) is 5.76 Å². The smallest absolute Gasteiger partial charge is 0.255 e. The van der Waals surface area contributed by atoms with E-state index in [1.165, 1.54) is 4.90 Å². The van der Waals surface area contributed by atoms with Crippen LogP contribution in [-0.4, -0.2) is 82.6 Å². The van der Waals surface area contributed by atoms with Crippen molar-refractivity contribution < 1.29 is 34.8 Å². The molecule has 1 aromatic carbocycles. The van der Waals surface area contributed by atoms with Crippen LogP contribution in [0.3, 0.4) is 0 Å². The van der Waals surface area contributed by atoms with Gasteiger partial charge in [0.1, 0.15) is 22.8 Å². The van der Waals surface area contributed by atoms with Crippen molar-refractivity contribution >= 4 is 28.9 Å². The molecule has 4 atom stereocenters. The number of hydrogen-bond donors (Lipinski definition) is 5. The summed E-state index contributed by atoms with van der Waals surface area (Å²) in [5.74, 6) is -6.40. The third-order valence-electron chi connectivity index (χ3n) is 8.63. The molecule has 3 aliphatic carbocycles. The van der Waals surface area contributed by atoms with Gasteiger partial charge in [0.2, 0.25) is 5.78 Å². The van der Waals surface area contributed by atoms with Crippen LogP contribution >= 0.6 is 0 Å². The van der Waals surface area contributed by atoms with Gasteiger partial charge in [-0.2, -0.15) is 0 Å². The van der Waals surface area contributed by atoms with E-state index < -0.39 is 58.0 Å². The van der Waals surface area contributed by atoms with E-state index in [1.54, 1.807) is 14.1 Å². The predicted molar refractivity (Wildman–Crippen MR) is 151 cm³/mol. The topological polar surface area (TPSA) is 165 Å². The lowest BCUT2D eigenvalue weighted by atomic mass is 9.57. The van der Waals surface area contributed by atoms with E-state index in [1.807, 2.05) is 25.1 Å². The van der Waals surface area contributed by atoms with Crippen LogP contribution in [-0.2, 0) is 27.2 Å². The summed E-state index contributed by atoms with van der Waals surface area (Å²) in [5, 5.41) is 45.7. The number of carbonyl (C=O) groups excluding carboxylic acids is 3. The first-order valence-electron chi connectivity index (χ1n) is 13.6. The van der Waals surface area contributed by atoms with Crippen molar-refractivity contribution in [2.24, 2.45) is 23.0 Å². The van der Waals surface area contributed by atoms with Crippen molar-refractivity contribution in [2.75, 3.05) is 33.1 Å². The number of amides is 1. The number of hydrogen-bond acceptors (Lipinski definition) is 9. The number of benzene rings is 1. The van der Waals surface area contributed by atoms with Crippen molar-refractivity contribution in [3.8, 4) is 5.75 Å². The summed E-state index contributed by atoms with van der Waals surface area (Å²) in [7, 11) is 6.89. The summed E-state index contributed by atoms with van der Waals surface area (Å²) in [6.07, 6.45) is 2.60. The Morgan fingerprint density at radius 2 is 1.75 bits per heavy atom. The maximum atomic E-state index is 14.1. The van der Waals surface area contributed by atoms with E-state index in [2.05, 4.69) is 20.8 Å². The minimum absolute atomic E-state index is 0.0622. The van der Waals surface area contributed by atoms with E-state index in [9.17, 15) is 34.8 Å². The lowest BCUT2D eigenvalue weighted by Gasteiger charge is -2.50. The molecule has 4 rings (SSSR count). The summed E-state index contributed by atoms with van der Waals surface area (Å²) in [6.45, 7) is 6.42. The van der Waals surface area contributed by atoms with Crippen LogP contribution in [0.2, 0.25) is 0 Å². The predicted octanol–water partition coefficient (Wildman–Crippen LogP) is 2.40. The number of ketones is 2. The molecule has 0 aromatic heterocycles. The highest BCUT2D eigenvalue weighted by Crippen LogP contribution is 2.54. The molecule has 0 spiro atoms. The minimum Gasteiger partial charge on any atom is -0.508 e. The molecule has 0 bridgehead atoms. The number of fused-ring (bicyclic) bond motifs is 3. The molecule has 1 saturated carbocycles. The molecule has 40 heavy (non-hydrogen) atoms. The van der Waals surface area contributed by atoms with Gasteiger partial charge in [0, 0.05) is 31.3 Å². The van der Waals surface area contributed by atoms with E-state index in [4.69, 9.17) is 5.73 Å². The molecule has 3 aliphatic rings. The maximum Gasteiger partial charge on any atom is 0.255 e. The molecule has 0 radical (unpaired) electrons. The van der Waals surface area contributed by atoms with Crippen molar-refractivity contribution in [3.05, 3.63) is 39.7 Å². The average molecular weight is 556 g/mol. The largest absolute Gasteiger partial charge is 0.508 e. The van der Waals surface area contributed by atoms with Crippen LogP contribution in [0.1, 0.15) is 56.7 Å². The van der Waals surface area contributed by atoms with Gasteiger partial charge in [-0.15, -0.1) is 0 Å². The Morgan fingerprint density at radius 1 is 1.12 bits per heavy atom. The third-order valence-corrected chi connectivity index (χ3v) is 8.63. The number of nitrogens with two attached hydrogens (primary N) is 1. The fraction of sp³-hybridized carbons (Fsp3) is 0.567. The number of primary amides is 1. The van der Waals surface area contributed by atoms with Crippen LogP contribution in [0.15, 0.2) is 23.0 Å². The van der Waals surface area contributed by atoms with Crippen LogP contribution < -0.4 is 10.6 Å². The Hall–Kier alpha value is -3.37. The summed E-state index contributed by atoms with van der Waals surface area (Å²) < 4.78 is 0. The number of phenols is 1. The number of aryl methyl sites for hydroxylation is 1. The molecule has 10 nitrogen and oxygen atoms in total. The standard InChI is InChI=1S/C30H41N3O7/c1-29(2,3)10-8-9-14-13-18(32(4)5)16-11-15-12-17-22(33(6)7)25(36)21(28(31)39)27(38)30(17,40)26(37)19(15)24(35)20(16)23(14)34/h13,15,17,22,34-35,38,40H,8-12H2,1-7H3,(H2,31,39)/t15-,17+,22?,30-/m0/s1. The SMILES string of the molecule is CN(C)c1cc(CCCC(C)(C)C)c(O)c2c1C[C@H]1C[C@@H]3C(N(C)C)C(=O)C(C(N)=O)=C(O)[C@@]3(O)C(=O)C1=C2O. The molecule has 1 aromatic rings. The first kappa shape index (κ1) is 29.6. The number of Topliss-reactive ketones (excluding diaryl/α,β-unsaturated/α-hetero) is 2. The van der Waals surface area contributed by atoms with E-state index in [0.29, 0.717) is 17.5 Å². The molecule has 6 N–H and O–H groups in total. The fourth-order valence-electron chi connectivity index (χ4n) is 6.74. The number of aliphatic hydroxyl groups is 3. The zero-order chi connectivity index (χ0) is 30.1. The van der Waals surface area contributed by atoms with Gasteiger partial charge in [-0.05, 0) is 74.7 Å². The fourth-order valence-corrected chi connectivity index (χ4v) is 6.74. The molecule has 0 aliphatic heterocycles. The second-order valence-corrected chi connectivity index (χ2v) is 13.0. The Labute approximate surface area is 234 Å². The number of nitrogens with zero attached hydrogens (tertiary/aromatic N) is 2. The maximum absolute atomic E-state index is 14.1. The second kappa shape index (κ2) is 9.92. The molecular formula is C30H41N3O7. The summed E-state index contributed by atoms with van der Waals surface area (Å²) in [4.78, 5) is 42.8. The molecule has 1 unspecified atom stereocenters. The van der Waals surface area contributed by atoms with Crippen LogP contribution in [0.5, 0.6) is 5.75 Å². The highest BCUT2D eigenvalue weighted by atomic mass is 16.3. The van der Waals surface area contributed by atoms with Gasteiger partial charge in [0.25, 0.3) is 5.91 Å². The Morgan fingerprint density at radius 3 is 2.27 bits per heavy atom. The number of rotatable bonds is 6. The Bertz CT molecular complexity index is 1350. The highest BCUT2D eigenvalue weighted by molar-refractivity contribution is 6.24. The second-order valence-electron chi connectivity index (χ2n) is 13.0. The lowest BCUT2D eigenvalue weighted by Crippen LogP contribution is -2.65. The molecular weight excluding hydrogens is 514 g/mol. The van der Waals surface area contributed by atoms with Crippen molar-refractivity contribution in [2.45, 2.75) is 64.5 Å². The van der Waals surface area contributed by atoms with Gasteiger partial charge in [0.05, 0.1) is 11.6 Å². The van der Waals surface area contributed by atoms with Gasteiger partial charge in [0.15, 0.2) is 11.4 Å². The minimum atomic E-state index is -2.64. The van der Waals surface area contributed by atoms with Gasteiger partial charge >= 0.3 is 0 Å². The summed E-state index contributed by atoms with van der Waals surface area (Å²) >= 11 is 0. The quantitative estimate of drug-likeness (QED) is 0.332. The van der Waals surface area contributed by atoms with Gasteiger partial charge in [-0.25, -0.2) is 0 Å². The average Bonchev–Trinajstić information content (AvgIpc) is 2.81. The number of phenolic OH excluding ortho intramolecular Hbond substituents is 1. The number of aliphatic hydroxyl groups excluding tert-OH is 2. The zero-order valence-corrected chi connectivity index (χ0v) is 24.3. The van der Waals surface area contributed by atoms with E-state index in [0.717, 1.165) is 18.5 Å². The van der Waals surface area contributed by atoms with Gasteiger partial charge in [-0.1, -0.05) is 20.8 Å².